The monoisotopic (exact) mass is 479 g/mol. The van der Waals surface area contributed by atoms with Crippen molar-refractivity contribution in [2.45, 2.75) is 0 Å². The quantitative estimate of drug-likeness (QED) is 0.299. The first-order valence-electron chi connectivity index (χ1n) is 9.00. The van der Waals surface area contributed by atoms with Crippen LogP contribution in [0.25, 0.3) is 10.8 Å². The Hall–Kier alpha value is -4.05. The number of amides is 1. The molecule has 0 saturated heterocycles. The summed E-state index contributed by atoms with van der Waals surface area (Å²) in [6.07, 6.45) is 1.11. The molecule has 154 valence electrons. The Bertz CT molecular complexity index is 1300. The van der Waals surface area contributed by atoms with Crippen LogP contribution in [0.5, 0.6) is 11.6 Å². The van der Waals surface area contributed by atoms with E-state index in [9.17, 15) is 14.9 Å². The Kier molecular flexibility index (Phi) is 5.72. The van der Waals surface area contributed by atoms with Crippen molar-refractivity contribution in [3.05, 3.63) is 93.2 Å². The Labute approximate surface area is 184 Å². The third-order valence-corrected chi connectivity index (χ3v) is 5.01. The molecule has 1 amide bonds. The van der Waals surface area contributed by atoms with Crippen molar-refractivity contribution in [1.29, 1.82) is 0 Å². The molecule has 0 aliphatic heterocycles. The number of hydrogen-bond acceptors (Lipinski definition) is 7. The summed E-state index contributed by atoms with van der Waals surface area (Å²) in [6.45, 7) is 0. The molecule has 1 aromatic heterocycles. The number of nitro groups is 1. The van der Waals surface area contributed by atoms with Crippen LogP contribution < -0.4 is 15.6 Å². The molecule has 0 spiro atoms. The highest BCUT2D eigenvalue weighted by Gasteiger charge is 2.26. The number of hydrazine groups is 1. The Morgan fingerprint density at radius 3 is 2.52 bits per heavy atom. The van der Waals surface area contributed by atoms with Crippen LogP contribution in [0.2, 0.25) is 0 Å². The molecule has 1 heterocycles. The molecular formula is C21H14BrN5O4. The first-order chi connectivity index (χ1) is 15.0. The molecule has 4 aromatic rings. The van der Waals surface area contributed by atoms with Gasteiger partial charge in [0.05, 0.1) is 10.5 Å². The zero-order valence-corrected chi connectivity index (χ0v) is 17.4. The summed E-state index contributed by atoms with van der Waals surface area (Å²) < 4.78 is 6.25. The van der Waals surface area contributed by atoms with E-state index in [1.165, 1.54) is 0 Å². The standard InChI is InChI=1S/C21H14BrN5O4/c22-17-8-4-3-7-16(17)20(28)26-25-19-18(27(29)30)21(24-12-23-19)31-15-10-9-13-5-1-2-6-14(13)11-15/h1-12H,(H,26,28)(H,23,24,25). The molecule has 3 aromatic carbocycles. The topological polar surface area (TPSA) is 119 Å². The second-order valence-electron chi connectivity index (χ2n) is 6.30. The number of carbonyl (C=O) groups is 1. The van der Waals surface area contributed by atoms with E-state index in [2.05, 4.69) is 36.7 Å². The minimum absolute atomic E-state index is 0.212. The van der Waals surface area contributed by atoms with Gasteiger partial charge in [0.25, 0.3) is 5.91 Å². The number of hydrogen-bond donors (Lipinski definition) is 2. The molecule has 0 radical (unpaired) electrons. The lowest BCUT2D eigenvalue weighted by Gasteiger charge is -2.11. The highest BCUT2D eigenvalue weighted by molar-refractivity contribution is 9.10. The van der Waals surface area contributed by atoms with Crippen LogP contribution in [-0.4, -0.2) is 20.8 Å². The van der Waals surface area contributed by atoms with Gasteiger partial charge in [-0.3, -0.25) is 25.8 Å². The molecular weight excluding hydrogens is 466 g/mol. The van der Waals surface area contributed by atoms with E-state index >= 15 is 0 Å². The Balaban J connectivity index is 1.59. The van der Waals surface area contributed by atoms with Crippen LogP contribution in [0, 0.1) is 10.1 Å². The average molecular weight is 480 g/mol. The molecule has 0 atom stereocenters. The van der Waals surface area contributed by atoms with E-state index in [0.717, 1.165) is 17.1 Å². The van der Waals surface area contributed by atoms with Crippen LogP contribution in [0.4, 0.5) is 11.5 Å². The maximum atomic E-state index is 12.4. The number of rotatable bonds is 6. The smallest absolute Gasteiger partial charge is 0.374 e. The van der Waals surface area contributed by atoms with E-state index in [1.54, 1.807) is 36.4 Å². The molecule has 2 N–H and O–H groups in total. The van der Waals surface area contributed by atoms with Crippen molar-refractivity contribution in [2.75, 3.05) is 5.43 Å². The van der Waals surface area contributed by atoms with Crippen LogP contribution >= 0.6 is 15.9 Å². The second kappa shape index (κ2) is 8.76. The maximum absolute atomic E-state index is 12.4. The van der Waals surface area contributed by atoms with Gasteiger partial charge in [0.1, 0.15) is 12.1 Å². The maximum Gasteiger partial charge on any atom is 0.374 e. The number of anilines is 1. The van der Waals surface area contributed by atoms with Gasteiger partial charge in [0.15, 0.2) is 0 Å². The van der Waals surface area contributed by atoms with Crippen molar-refractivity contribution in [2.24, 2.45) is 0 Å². The second-order valence-corrected chi connectivity index (χ2v) is 7.16. The predicted molar refractivity (Wildman–Crippen MR) is 118 cm³/mol. The van der Waals surface area contributed by atoms with Gasteiger partial charge in [0, 0.05) is 4.47 Å². The molecule has 0 fully saturated rings. The zero-order chi connectivity index (χ0) is 21.8. The fourth-order valence-corrected chi connectivity index (χ4v) is 3.33. The van der Waals surface area contributed by atoms with Crippen LogP contribution in [-0.2, 0) is 0 Å². The third-order valence-electron chi connectivity index (χ3n) is 4.32. The van der Waals surface area contributed by atoms with Crippen molar-refractivity contribution >= 4 is 44.1 Å². The fourth-order valence-electron chi connectivity index (χ4n) is 2.86. The first kappa shape index (κ1) is 20.2. The van der Waals surface area contributed by atoms with Crippen LogP contribution in [0.15, 0.2) is 77.5 Å². The minimum atomic E-state index is -0.677. The van der Waals surface area contributed by atoms with Gasteiger partial charge in [-0.2, -0.15) is 4.98 Å². The highest BCUT2D eigenvalue weighted by Crippen LogP contribution is 2.34. The molecule has 0 aliphatic carbocycles. The Morgan fingerprint density at radius 1 is 1.00 bits per heavy atom. The van der Waals surface area contributed by atoms with Gasteiger partial charge in [-0.25, -0.2) is 4.98 Å². The Morgan fingerprint density at radius 2 is 1.74 bits per heavy atom. The largest absolute Gasteiger partial charge is 0.434 e. The van der Waals surface area contributed by atoms with E-state index in [-0.39, 0.29) is 11.7 Å². The number of carbonyl (C=O) groups excluding carboxylic acids is 1. The third kappa shape index (κ3) is 4.43. The number of halogens is 1. The minimum Gasteiger partial charge on any atom is -0.434 e. The molecule has 0 aliphatic rings. The molecule has 31 heavy (non-hydrogen) atoms. The van der Waals surface area contributed by atoms with Gasteiger partial charge in [-0.05, 0) is 51.0 Å². The van der Waals surface area contributed by atoms with E-state index in [4.69, 9.17) is 4.74 Å². The molecule has 9 nitrogen and oxygen atoms in total. The summed E-state index contributed by atoms with van der Waals surface area (Å²) in [5.41, 5.74) is 4.72. The fraction of sp³-hybridized carbons (Fsp3) is 0. The van der Waals surface area contributed by atoms with Gasteiger partial charge in [-0.15, -0.1) is 0 Å². The molecule has 0 bridgehead atoms. The number of aromatic nitrogens is 2. The number of benzene rings is 3. The summed E-state index contributed by atoms with van der Waals surface area (Å²) in [5.74, 6) is -0.592. The number of fused-ring (bicyclic) bond motifs is 1. The normalized spacial score (nSPS) is 10.5. The SMILES string of the molecule is O=C(NNc1ncnc(Oc2ccc3ccccc3c2)c1[N+](=O)[O-])c1ccccc1Br. The summed E-state index contributed by atoms with van der Waals surface area (Å²) in [5, 5.41) is 13.6. The number of nitrogens with one attached hydrogen (secondary N) is 2. The van der Waals surface area contributed by atoms with Crippen LogP contribution in [0.3, 0.4) is 0 Å². The van der Waals surface area contributed by atoms with Crippen molar-refractivity contribution in [1.82, 2.24) is 15.4 Å². The van der Waals surface area contributed by atoms with Crippen molar-refractivity contribution < 1.29 is 14.5 Å². The molecule has 0 unspecified atom stereocenters. The highest BCUT2D eigenvalue weighted by atomic mass is 79.9. The van der Waals surface area contributed by atoms with Crippen molar-refractivity contribution in [3.8, 4) is 11.6 Å². The summed E-state index contributed by atoms with van der Waals surface area (Å²) >= 11 is 3.28. The van der Waals surface area contributed by atoms with Gasteiger partial charge in [0.2, 0.25) is 5.82 Å². The van der Waals surface area contributed by atoms with Crippen LogP contribution in [0.1, 0.15) is 10.4 Å². The van der Waals surface area contributed by atoms with Gasteiger partial charge >= 0.3 is 11.6 Å². The lowest BCUT2D eigenvalue weighted by Crippen LogP contribution is -2.30. The number of ether oxygens (including phenoxy) is 1. The van der Waals surface area contributed by atoms with E-state index in [1.807, 2.05) is 30.3 Å². The van der Waals surface area contributed by atoms with E-state index in [0.29, 0.717) is 15.8 Å². The van der Waals surface area contributed by atoms with Gasteiger partial charge < -0.3 is 4.74 Å². The summed E-state index contributed by atoms with van der Waals surface area (Å²) in [4.78, 5) is 31.2. The van der Waals surface area contributed by atoms with Crippen molar-refractivity contribution in [3.63, 3.8) is 0 Å². The summed E-state index contributed by atoms with van der Waals surface area (Å²) in [7, 11) is 0. The first-order valence-corrected chi connectivity index (χ1v) is 9.79. The average Bonchev–Trinajstić information content (AvgIpc) is 2.77. The number of nitrogens with zero attached hydrogens (tertiary/aromatic N) is 3. The molecule has 4 rings (SSSR count). The molecule has 0 saturated carbocycles. The summed E-state index contributed by atoms with van der Waals surface area (Å²) in [6, 6.07) is 19.7. The predicted octanol–water partition coefficient (Wildman–Crippen LogP) is 4.85. The van der Waals surface area contributed by atoms with Gasteiger partial charge in [-0.1, -0.05) is 42.5 Å². The molecule has 10 heteroatoms. The lowest BCUT2D eigenvalue weighted by molar-refractivity contribution is -0.385. The van der Waals surface area contributed by atoms with E-state index < -0.39 is 16.5 Å². The zero-order valence-electron chi connectivity index (χ0n) is 15.8. The lowest BCUT2D eigenvalue weighted by atomic mass is 10.1.